The SMILES string of the molecule is CCOc1cc(/C=C2\C(=O)NC(=O)N(c3cc(OC)c(Cl)cc3OC)C2=O)cc(Br)c1OCc1ccccc1. The molecule has 0 bridgehead atoms. The topological polar surface area (TPSA) is 103 Å². The Bertz CT molecular complexity index is 1460. The molecule has 202 valence electrons. The molecule has 39 heavy (non-hydrogen) atoms. The molecule has 4 rings (SSSR count). The van der Waals surface area contributed by atoms with E-state index < -0.39 is 17.8 Å². The first-order valence-electron chi connectivity index (χ1n) is 11.7. The van der Waals surface area contributed by atoms with Crippen LogP contribution in [0.5, 0.6) is 23.0 Å². The van der Waals surface area contributed by atoms with Gasteiger partial charge in [-0.25, -0.2) is 9.69 Å². The molecule has 0 saturated carbocycles. The normalized spacial score (nSPS) is 14.3. The number of nitrogens with one attached hydrogen (secondary N) is 1. The van der Waals surface area contributed by atoms with E-state index in [-0.39, 0.29) is 27.8 Å². The number of halogens is 2. The number of ether oxygens (including phenoxy) is 4. The van der Waals surface area contributed by atoms with E-state index in [0.717, 1.165) is 10.5 Å². The highest BCUT2D eigenvalue weighted by atomic mass is 79.9. The number of carbonyl (C=O) groups excluding carboxylic acids is 3. The zero-order chi connectivity index (χ0) is 28.1. The molecule has 11 heteroatoms. The van der Waals surface area contributed by atoms with E-state index >= 15 is 0 Å². The second-order valence-corrected chi connectivity index (χ2v) is 9.42. The molecule has 1 N–H and O–H groups in total. The van der Waals surface area contributed by atoms with Gasteiger partial charge in [0, 0.05) is 12.1 Å². The summed E-state index contributed by atoms with van der Waals surface area (Å²) in [5.41, 5.74) is 1.21. The molecule has 1 aliphatic rings. The zero-order valence-corrected chi connectivity index (χ0v) is 23.6. The van der Waals surface area contributed by atoms with E-state index in [9.17, 15) is 14.4 Å². The highest BCUT2D eigenvalue weighted by Gasteiger charge is 2.38. The largest absolute Gasteiger partial charge is 0.495 e. The third kappa shape index (κ3) is 6.02. The van der Waals surface area contributed by atoms with Crippen LogP contribution in [0.4, 0.5) is 10.5 Å². The van der Waals surface area contributed by atoms with Gasteiger partial charge in [-0.05, 0) is 52.2 Å². The number of imide groups is 2. The van der Waals surface area contributed by atoms with Crippen molar-refractivity contribution in [1.29, 1.82) is 0 Å². The van der Waals surface area contributed by atoms with Gasteiger partial charge in [-0.2, -0.15) is 0 Å². The van der Waals surface area contributed by atoms with E-state index in [4.69, 9.17) is 30.5 Å². The van der Waals surface area contributed by atoms with Crippen LogP contribution in [0.25, 0.3) is 6.08 Å². The van der Waals surface area contributed by atoms with Gasteiger partial charge in [0.25, 0.3) is 11.8 Å². The molecule has 1 saturated heterocycles. The van der Waals surface area contributed by atoms with Crippen molar-refractivity contribution in [3.8, 4) is 23.0 Å². The van der Waals surface area contributed by atoms with Crippen molar-refractivity contribution in [3.05, 3.63) is 80.8 Å². The van der Waals surface area contributed by atoms with Crippen LogP contribution in [-0.4, -0.2) is 38.7 Å². The molecule has 0 radical (unpaired) electrons. The fourth-order valence-corrected chi connectivity index (χ4v) is 4.67. The Morgan fingerprint density at radius 3 is 2.33 bits per heavy atom. The summed E-state index contributed by atoms with van der Waals surface area (Å²) < 4.78 is 22.9. The number of carbonyl (C=O) groups is 3. The molecule has 1 fully saturated rings. The first-order valence-corrected chi connectivity index (χ1v) is 12.9. The van der Waals surface area contributed by atoms with E-state index in [0.29, 0.717) is 34.7 Å². The van der Waals surface area contributed by atoms with E-state index in [1.165, 1.54) is 32.4 Å². The van der Waals surface area contributed by atoms with Gasteiger partial charge in [0.2, 0.25) is 0 Å². The van der Waals surface area contributed by atoms with Crippen LogP contribution in [0, 0.1) is 0 Å². The predicted molar refractivity (Wildman–Crippen MR) is 150 cm³/mol. The van der Waals surface area contributed by atoms with Crippen molar-refractivity contribution in [3.63, 3.8) is 0 Å². The van der Waals surface area contributed by atoms with Crippen molar-refractivity contribution in [2.24, 2.45) is 0 Å². The smallest absolute Gasteiger partial charge is 0.336 e. The Labute approximate surface area is 238 Å². The lowest BCUT2D eigenvalue weighted by molar-refractivity contribution is -0.122. The van der Waals surface area contributed by atoms with Gasteiger partial charge < -0.3 is 18.9 Å². The standard InChI is InChI=1S/C28H24BrClN2O7/c1-4-38-24-12-17(11-19(29)25(24)39-15-16-8-6-5-7-9-16)10-18-26(33)31-28(35)32(27(18)34)21-14-22(36-2)20(30)13-23(21)37-3/h5-14H,4,15H2,1-3H3,(H,31,33,35)/b18-10+. The molecule has 0 unspecified atom stereocenters. The average Bonchev–Trinajstić information content (AvgIpc) is 2.91. The summed E-state index contributed by atoms with van der Waals surface area (Å²) in [4.78, 5) is 39.8. The van der Waals surface area contributed by atoms with Crippen molar-refractivity contribution in [1.82, 2.24) is 5.32 Å². The number of benzene rings is 3. The molecule has 0 aliphatic carbocycles. The number of anilines is 1. The summed E-state index contributed by atoms with van der Waals surface area (Å²) in [5, 5.41) is 2.42. The maximum absolute atomic E-state index is 13.5. The number of hydrogen-bond acceptors (Lipinski definition) is 7. The lowest BCUT2D eigenvalue weighted by atomic mass is 10.1. The van der Waals surface area contributed by atoms with Gasteiger partial charge in [0.1, 0.15) is 23.7 Å². The van der Waals surface area contributed by atoms with Crippen molar-refractivity contribution in [2.45, 2.75) is 13.5 Å². The van der Waals surface area contributed by atoms with Gasteiger partial charge in [0.15, 0.2) is 11.5 Å². The molecule has 3 aromatic carbocycles. The minimum absolute atomic E-state index is 0.0560. The lowest BCUT2D eigenvalue weighted by Gasteiger charge is -2.28. The van der Waals surface area contributed by atoms with Crippen LogP contribution in [0.15, 0.2) is 64.6 Å². The number of barbiturate groups is 1. The Morgan fingerprint density at radius 1 is 0.949 bits per heavy atom. The van der Waals surface area contributed by atoms with Crippen LogP contribution in [0.3, 0.4) is 0 Å². The number of urea groups is 1. The van der Waals surface area contributed by atoms with Crippen LogP contribution in [0.1, 0.15) is 18.1 Å². The fraction of sp³-hybridized carbons (Fsp3) is 0.179. The third-order valence-electron chi connectivity index (χ3n) is 5.66. The third-order valence-corrected chi connectivity index (χ3v) is 6.55. The molecular formula is C28H24BrClN2O7. The summed E-state index contributed by atoms with van der Waals surface area (Å²) in [5.74, 6) is -0.469. The van der Waals surface area contributed by atoms with Gasteiger partial charge in [-0.1, -0.05) is 41.9 Å². The molecule has 0 aromatic heterocycles. The predicted octanol–water partition coefficient (Wildman–Crippen LogP) is 5.76. The maximum Gasteiger partial charge on any atom is 0.336 e. The number of methoxy groups -OCH3 is 2. The van der Waals surface area contributed by atoms with Crippen molar-refractivity contribution < 1.29 is 33.3 Å². The molecule has 9 nitrogen and oxygen atoms in total. The minimum atomic E-state index is -0.939. The molecule has 4 amide bonds. The number of amides is 4. The summed E-state index contributed by atoms with van der Waals surface area (Å²) in [6, 6.07) is 14.8. The zero-order valence-electron chi connectivity index (χ0n) is 21.2. The van der Waals surface area contributed by atoms with Crippen LogP contribution in [-0.2, 0) is 16.2 Å². The highest BCUT2D eigenvalue weighted by molar-refractivity contribution is 9.10. The average molecular weight is 616 g/mol. The molecule has 1 aliphatic heterocycles. The van der Waals surface area contributed by atoms with Gasteiger partial charge in [0.05, 0.1) is 36.0 Å². The van der Waals surface area contributed by atoms with Crippen molar-refractivity contribution in [2.75, 3.05) is 25.7 Å². The Hall–Kier alpha value is -4.02. The number of nitrogens with zero attached hydrogens (tertiary/aromatic N) is 1. The summed E-state index contributed by atoms with van der Waals surface area (Å²) in [6.45, 7) is 2.49. The van der Waals surface area contributed by atoms with Crippen LogP contribution >= 0.6 is 27.5 Å². The van der Waals surface area contributed by atoms with Gasteiger partial charge in [-0.15, -0.1) is 0 Å². The lowest BCUT2D eigenvalue weighted by Crippen LogP contribution is -2.54. The van der Waals surface area contributed by atoms with Gasteiger partial charge in [-0.3, -0.25) is 14.9 Å². The summed E-state index contributed by atoms with van der Waals surface area (Å²) >= 11 is 9.68. The van der Waals surface area contributed by atoms with Crippen LogP contribution < -0.4 is 29.2 Å². The number of hydrogen-bond donors (Lipinski definition) is 1. The first-order chi connectivity index (χ1) is 18.8. The van der Waals surface area contributed by atoms with E-state index in [1.54, 1.807) is 12.1 Å². The molecule has 1 heterocycles. The molecule has 3 aromatic rings. The molecule has 0 spiro atoms. The fourth-order valence-electron chi connectivity index (χ4n) is 3.87. The second-order valence-electron chi connectivity index (χ2n) is 8.15. The number of rotatable bonds is 9. The molecular weight excluding hydrogens is 592 g/mol. The molecule has 0 atom stereocenters. The Balaban J connectivity index is 1.71. The Morgan fingerprint density at radius 2 is 1.67 bits per heavy atom. The van der Waals surface area contributed by atoms with E-state index in [2.05, 4.69) is 21.2 Å². The first kappa shape index (κ1) is 28.0. The van der Waals surface area contributed by atoms with Crippen LogP contribution in [0.2, 0.25) is 5.02 Å². The monoisotopic (exact) mass is 614 g/mol. The van der Waals surface area contributed by atoms with Gasteiger partial charge >= 0.3 is 6.03 Å². The quantitative estimate of drug-likeness (QED) is 0.241. The maximum atomic E-state index is 13.5. The Kier molecular flexibility index (Phi) is 8.78. The highest BCUT2D eigenvalue weighted by Crippen LogP contribution is 2.40. The van der Waals surface area contributed by atoms with E-state index in [1.807, 2.05) is 37.3 Å². The summed E-state index contributed by atoms with van der Waals surface area (Å²) in [6.07, 6.45) is 1.37. The minimum Gasteiger partial charge on any atom is -0.495 e. The van der Waals surface area contributed by atoms with Crippen molar-refractivity contribution >= 4 is 57.1 Å². The second kappa shape index (κ2) is 12.2. The summed E-state index contributed by atoms with van der Waals surface area (Å²) in [7, 11) is 2.76.